The number of hydrogen-bond donors (Lipinski definition) is 1. The number of carbonyl (C=O) groups excluding carboxylic acids is 1. The molecule has 2 aliphatic rings. The van der Waals surface area contributed by atoms with Crippen LogP contribution in [0.25, 0.3) is 0 Å². The van der Waals surface area contributed by atoms with Gasteiger partial charge in [-0.15, -0.1) is 0 Å². The van der Waals surface area contributed by atoms with Crippen LogP contribution in [0.4, 0.5) is 4.79 Å². The van der Waals surface area contributed by atoms with Gasteiger partial charge in [-0.2, -0.15) is 0 Å². The van der Waals surface area contributed by atoms with Crippen molar-refractivity contribution in [2.45, 2.75) is 19.3 Å². The van der Waals surface area contributed by atoms with Crippen molar-refractivity contribution in [3.05, 3.63) is 0 Å². The summed E-state index contributed by atoms with van der Waals surface area (Å²) in [5.41, 5.74) is 0. The van der Waals surface area contributed by atoms with Gasteiger partial charge in [0, 0.05) is 26.7 Å². The van der Waals surface area contributed by atoms with Crippen molar-refractivity contribution >= 4 is 6.03 Å². The van der Waals surface area contributed by atoms with E-state index in [0.717, 1.165) is 38.5 Å². The average molecular weight is 211 g/mol. The van der Waals surface area contributed by atoms with Crippen LogP contribution in [-0.4, -0.2) is 55.6 Å². The fraction of sp³-hybridized carbons (Fsp3) is 0.909. The lowest BCUT2D eigenvalue weighted by molar-refractivity contribution is 0.194. The number of likely N-dealkylation sites (N-methyl/N-ethyl adjacent to an activating group) is 1. The fourth-order valence-electron chi connectivity index (χ4n) is 2.42. The summed E-state index contributed by atoms with van der Waals surface area (Å²) in [5, 5.41) is 3.42. The van der Waals surface area contributed by atoms with Crippen molar-refractivity contribution in [3.8, 4) is 0 Å². The van der Waals surface area contributed by atoms with Gasteiger partial charge in [0.25, 0.3) is 0 Å². The molecule has 4 nitrogen and oxygen atoms in total. The second kappa shape index (κ2) is 4.84. The Morgan fingerprint density at radius 1 is 1.47 bits per heavy atom. The quantitative estimate of drug-likeness (QED) is 0.747. The van der Waals surface area contributed by atoms with E-state index >= 15 is 0 Å². The standard InChI is InChI=1S/C11H21N3O/c1-13-7-8-14(11(13)15)6-4-10-3-2-5-12-9-10/h10,12H,2-9H2,1H3. The van der Waals surface area contributed by atoms with E-state index in [2.05, 4.69) is 5.32 Å². The van der Waals surface area contributed by atoms with Crippen molar-refractivity contribution in [3.63, 3.8) is 0 Å². The van der Waals surface area contributed by atoms with Gasteiger partial charge in [-0.3, -0.25) is 0 Å². The number of nitrogens with one attached hydrogen (secondary N) is 1. The predicted molar refractivity (Wildman–Crippen MR) is 59.8 cm³/mol. The Balaban J connectivity index is 1.71. The van der Waals surface area contributed by atoms with E-state index in [1.54, 1.807) is 4.90 Å². The van der Waals surface area contributed by atoms with Crippen LogP contribution in [0.5, 0.6) is 0 Å². The van der Waals surface area contributed by atoms with Gasteiger partial charge >= 0.3 is 6.03 Å². The van der Waals surface area contributed by atoms with E-state index in [9.17, 15) is 4.79 Å². The summed E-state index contributed by atoms with van der Waals surface area (Å²) in [7, 11) is 1.88. The normalized spacial score (nSPS) is 27.5. The van der Waals surface area contributed by atoms with E-state index < -0.39 is 0 Å². The third kappa shape index (κ3) is 2.62. The molecule has 86 valence electrons. The Kier molecular flexibility index (Phi) is 3.46. The van der Waals surface area contributed by atoms with Crippen molar-refractivity contribution in [2.75, 3.05) is 39.8 Å². The number of carbonyl (C=O) groups is 1. The highest BCUT2D eigenvalue weighted by Gasteiger charge is 2.25. The first-order chi connectivity index (χ1) is 7.27. The van der Waals surface area contributed by atoms with E-state index in [1.165, 1.54) is 19.4 Å². The number of nitrogens with zero attached hydrogens (tertiary/aromatic N) is 2. The molecule has 1 atom stereocenters. The first kappa shape index (κ1) is 10.7. The number of urea groups is 1. The molecule has 0 bridgehead atoms. The summed E-state index contributed by atoms with van der Waals surface area (Å²) < 4.78 is 0. The van der Waals surface area contributed by atoms with Crippen molar-refractivity contribution in [2.24, 2.45) is 5.92 Å². The minimum Gasteiger partial charge on any atom is -0.326 e. The Morgan fingerprint density at radius 2 is 2.33 bits per heavy atom. The van der Waals surface area contributed by atoms with Crippen LogP contribution in [0, 0.1) is 5.92 Å². The molecule has 2 fully saturated rings. The highest BCUT2D eigenvalue weighted by Crippen LogP contribution is 2.16. The monoisotopic (exact) mass is 211 g/mol. The molecular formula is C11H21N3O. The van der Waals surface area contributed by atoms with Crippen LogP contribution >= 0.6 is 0 Å². The number of piperidine rings is 1. The predicted octanol–water partition coefficient (Wildman–Crippen LogP) is 0.743. The van der Waals surface area contributed by atoms with E-state index in [-0.39, 0.29) is 6.03 Å². The van der Waals surface area contributed by atoms with Crippen molar-refractivity contribution in [1.82, 2.24) is 15.1 Å². The lowest BCUT2D eigenvalue weighted by Gasteiger charge is -2.25. The average Bonchev–Trinajstić information content (AvgIpc) is 2.59. The van der Waals surface area contributed by atoms with Crippen LogP contribution in [0.1, 0.15) is 19.3 Å². The minimum absolute atomic E-state index is 0.207. The fourth-order valence-corrected chi connectivity index (χ4v) is 2.42. The molecule has 0 radical (unpaired) electrons. The smallest absolute Gasteiger partial charge is 0.319 e. The van der Waals surface area contributed by atoms with Crippen LogP contribution in [0.3, 0.4) is 0 Å². The molecule has 2 rings (SSSR count). The molecular weight excluding hydrogens is 190 g/mol. The summed E-state index contributed by atoms with van der Waals surface area (Å²) in [6, 6.07) is 0.207. The van der Waals surface area contributed by atoms with E-state index in [1.807, 2.05) is 11.9 Å². The maximum atomic E-state index is 11.6. The topological polar surface area (TPSA) is 35.6 Å². The lowest BCUT2D eigenvalue weighted by Crippen LogP contribution is -2.35. The summed E-state index contributed by atoms with van der Waals surface area (Å²) in [6.45, 7) is 5.05. The van der Waals surface area contributed by atoms with Gasteiger partial charge < -0.3 is 15.1 Å². The highest BCUT2D eigenvalue weighted by molar-refractivity contribution is 5.76. The Morgan fingerprint density at radius 3 is 2.93 bits per heavy atom. The maximum absolute atomic E-state index is 11.6. The largest absolute Gasteiger partial charge is 0.326 e. The molecule has 0 spiro atoms. The molecule has 2 aliphatic heterocycles. The zero-order chi connectivity index (χ0) is 10.7. The summed E-state index contributed by atoms with van der Waals surface area (Å²) in [6.07, 6.45) is 3.77. The van der Waals surface area contributed by atoms with Crippen LogP contribution in [0.2, 0.25) is 0 Å². The minimum atomic E-state index is 0.207. The number of rotatable bonds is 3. The lowest BCUT2D eigenvalue weighted by atomic mass is 9.96. The molecule has 2 saturated heterocycles. The first-order valence-electron chi connectivity index (χ1n) is 5.98. The maximum Gasteiger partial charge on any atom is 0.319 e. The Bertz CT molecular complexity index is 226. The van der Waals surface area contributed by atoms with Gasteiger partial charge in [0.1, 0.15) is 0 Å². The molecule has 0 saturated carbocycles. The second-order valence-corrected chi connectivity index (χ2v) is 4.69. The molecule has 2 heterocycles. The van der Waals surface area contributed by atoms with Gasteiger partial charge in [-0.05, 0) is 38.3 Å². The molecule has 2 amide bonds. The molecule has 0 aromatic rings. The molecule has 0 aliphatic carbocycles. The van der Waals surface area contributed by atoms with Gasteiger partial charge in [-0.1, -0.05) is 0 Å². The molecule has 1 unspecified atom stereocenters. The van der Waals surface area contributed by atoms with Gasteiger partial charge in [0.05, 0.1) is 0 Å². The summed E-state index contributed by atoms with van der Waals surface area (Å²) in [4.78, 5) is 15.4. The molecule has 0 aromatic heterocycles. The van der Waals surface area contributed by atoms with Crippen LogP contribution in [-0.2, 0) is 0 Å². The number of hydrogen-bond acceptors (Lipinski definition) is 2. The van der Waals surface area contributed by atoms with Gasteiger partial charge in [0.2, 0.25) is 0 Å². The van der Waals surface area contributed by atoms with Crippen LogP contribution < -0.4 is 5.32 Å². The Hall–Kier alpha value is -0.770. The molecule has 1 N–H and O–H groups in total. The Labute approximate surface area is 91.6 Å². The second-order valence-electron chi connectivity index (χ2n) is 4.69. The number of amides is 2. The van der Waals surface area contributed by atoms with E-state index in [4.69, 9.17) is 0 Å². The van der Waals surface area contributed by atoms with Crippen molar-refractivity contribution in [1.29, 1.82) is 0 Å². The third-order valence-corrected chi connectivity index (χ3v) is 3.51. The summed E-state index contributed by atoms with van der Waals surface area (Å²) >= 11 is 0. The van der Waals surface area contributed by atoms with Crippen molar-refractivity contribution < 1.29 is 4.79 Å². The summed E-state index contributed by atoms with van der Waals surface area (Å²) in [5.74, 6) is 0.775. The molecule has 0 aromatic carbocycles. The van der Waals surface area contributed by atoms with Gasteiger partial charge in [0.15, 0.2) is 0 Å². The molecule has 4 heteroatoms. The first-order valence-corrected chi connectivity index (χ1v) is 5.98. The molecule has 15 heavy (non-hydrogen) atoms. The third-order valence-electron chi connectivity index (χ3n) is 3.51. The highest BCUT2D eigenvalue weighted by atomic mass is 16.2. The SMILES string of the molecule is CN1CCN(CCC2CCCNC2)C1=O. The van der Waals surface area contributed by atoms with E-state index in [0.29, 0.717) is 0 Å². The van der Waals surface area contributed by atoms with Crippen LogP contribution in [0.15, 0.2) is 0 Å². The van der Waals surface area contributed by atoms with Gasteiger partial charge in [-0.25, -0.2) is 4.79 Å². The zero-order valence-electron chi connectivity index (χ0n) is 9.54. The zero-order valence-corrected chi connectivity index (χ0v) is 9.54.